The molecule has 0 amide bonds. The molecule has 1 heterocycles. The summed E-state index contributed by atoms with van der Waals surface area (Å²) in [5.74, 6) is -0.215. The Morgan fingerprint density at radius 2 is 2.06 bits per heavy atom. The highest BCUT2D eigenvalue weighted by atomic mass is 79.9. The lowest BCUT2D eigenvalue weighted by Crippen LogP contribution is -2.17. The van der Waals surface area contributed by atoms with Crippen LogP contribution in [0.3, 0.4) is 0 Å². The van der Waals surface area contributed by atoms with Gasteiger partial charge in [-0.2, -0.15) is 0 Å². The van der Waals surface area contributed by atoms with Crippen molar-refractivity contribution >= 4 is 43.2 Å². The average Bonchev–Trinajstić information content (AvgIpc) is 2.59. The van der Waals surface area contributed by atoms with E-state index < -0.39 is 0 Å². The van der Waals surface area contributed by atoms with Crippen molar-refractivity contribution in [3.05, 3.63) is 54.8 Å². The largest absolute Gasteiger partial charge is 0.309 e. The maximum atomic E-state index is 13.2. The maximum Gasteiger partial charge on any atom is 0.123 e. The van der Waals surface area contributed by atoms with Crippen molar-refractivity contribution in [1.82, 2.24) is 5.32 Å². The van der Waals surface area contributed by atoms with Crippen LogP contribution in [-0.4, -0.2) is 7.05 Å². The number of nitrogens with one attached hydrogen (secondary N) is 1. The molecular weight excluding hydrogens is 369 g/mol. The maximum absolute atomic E-state index is 13.2. The van der Waals surface area contributed by atoms with Crippen molar-refractivity contribution in [2.75, 3.05) is 7.05 Å². The molecule has 0 bridgehead atoms. The third-order valence-corrected chi connectivity index (χ3v) is 4.85. The van der Waals surface area contributed by atoms with Crippen LogP contribution < -0.4 is 5.32 Å². The van der Waals surface area contributed by atoms with Crippen molar-refractivity contribution in [2.45, 2.75) is 6.04 Å². The van der Waals surface area contributed by atoms with E-state index in [1.54, 1.807) is 23.5 Å². The van der Waals surface area contributed by atoms with Crippen LogP contribution in [0.5, 0.6) is 0 Å². The van der Waals surface area contributed by atoms with Crippen LogP contribution in [-0.2, 0) is 0 Å². The molecule has 0 fully saturated rings. The minimum absolute atomic E-state index is 0.0115. The van der Waals surface area contributed by atoms with Gasteiger partial charge in [-0.25, -0.2) is 4.39 Å². The van der Waals surface area contributed by atoms with Gasteiger partial charge in [0, 0.05) is 0 Å². The minimum atomic E-state index is -0.215. The Hall–Kier alpha value is -0.230. The number of hydrogen-bond acceptors (Lipinski definition) is 2. The van der Waals surface area contributed by atoms with Gasteiger partial charge in [-0.15, -0.1) is 11.3 Å². The molecule has 1 aromatic heterocycles. The van der Waals surface area contributed by atoms with E-state index >= 15 is 0 Å². The van der Waals surface area contributed by atoms with Crippen molar-refractivity contribution < 1.29 is 4.39 Å². The van der Waals surface area contributed by atoms with Crippen LogP contribution in [0.15, 0.2) is 37.9 Å². The van der Waals surface area contributed by atoms with Gasteiger partial charge in [0.1, 0.15) is 5.82 Å². The lowest BCUT2D eigenvalue weighted by Gasteiger charge is -2.16. The summed E-state index contributed by atoms with van der Waals surface area (Å²) in [6.45, 7) is 0. The molecule has 0 aliphatic carbocycles. The summed E-state index contributed by atoms with van der Waals surface area (Å²) >= 11 is 8.59. The van der Waals surface area contributed by atoms with E-state index in [-0.39, 0.29) is 11.9 Å². The summed E-state index contributed by atoms with van der Waals surface area (Å²) in [6, 6.07) is 8.68. The number of halogens is 3. The van der Waals surface area contributed by atoms with Crippen LogP contribution in [0.4, 0.5) is 4.39 Å². The van der Waals surface area contributed by atoms with E-state index in [1.165, 1.54) is 6.07 Å². The molecule has 90 valence electrons. The second-order valence-corrected chi connectivity index (χ2v) is 7.31. The van der Waals surface area contributed by atoms with Gasteiger partial charge >= 0.3 is 0 Å². The van der Waals surface area contributed by atoms with E-state index in [9.17, 15) is 4.39 Å². The van der Waals surface area contributed by atoms with Crippen molar-refractivity contribution in [2.24, 2.45) is 0 Å². The molecule has 17 heavy (non-hydrogen) atoms. The molecule has 1 atom stereocenters. The average molecular weight is 379 g/mol. The Morgan fingerprint density at radius 1 is 1.29 bits per heavy atom. The van der Waals surface area contributed by atoms with E-state index in [4.69, 9.17) is 0 Å². The summed E-state index contributed by atoms with van der Waals surface area (Å²) in [6.07, 6.45) is 0. The van der Waals surface area contributed by atoms with Crippen LogP contribution in [0.25, 0.3) is 0 Å². The molecule has 1 N–H and O–H groups in total. The van der Waals surface area contributed by atoms with Gasteiger partial charge in [-0.3, -0.25) is 0 Å². The van der Waals surface area contributed by atoms with Gasteiger partial charge in [0.2, 0.25) is 0 Å². The molecule has 2 aromatic rings. The highest BCUT2D eigenvalue weighted by molar-refractivity contribution is 9.12. The standard InChI is InChI=1S/C12H10Br2FNS/c1-16-11(7-3-2-4-8(15)5-7)9-6-10(13)17-12(9)14/h2-6,11,16H,1H3. The fourth-order valence-electron chi connectivity index (χ4n) is 1.74. The Balaban J connectivity index is 2.43. The zero-order chi connectivity index (χ0) is 12.4. The highest BCUT2D eigenvalue weighted by Gasteiger charge is 2.17. The Morgan fingerprint density at radius 3 is 2.59 bits per heavy atom. The Bertz CT molecular complexity index is 527. The smallest absolute Gasteiger partial charge is 0.123 e. The first kappa shape index (κ1) is 13.2. The molecule has 5 heteroatoms. The molecule has 1 aromatic carbocycles. The first-order valence-electron chi connectivity index (χ1n) is 4.99. The van der Waals surface area contributed by atoms with E-state index in [0.717, 1.165) is 18.7 Å². The van der Waals surface area contributed by atoms with Gasteiger partial charge in [0.15, 0.2) is 0 Å². The predicted molar refractivity (Wildman–Crippen MR) is 77.0 cm³/mol. The van der Waals surface area contributed by atoms with Crippen molar-refractivity contribution in [3.8, 4) is 0 Å². The second kappa shape index (κ2) is 5.61. The molecule has 2 rings (SSSR count). The fourth-order valence-corrected chi connectivity index (χ4v) is 4.64. The number of hydrogen-bond donors (Lipinski definition) is 1. The summed E-state index contributed by atoms with van der Waals surface area (Å²) in [4.78, 5) is 0. The minimum Gasteiger partial charge on any atom is -0.309 e. The molecular formula is C12H10Br2FNS. The molecule has 0 aliphatic heterocycles. The zero-order valence-corrected chi connectivity index (χ0v) is 13.0. The third-order valence-electron chi connectivity index (χ3n) is 2.46. The molecule has 0 saturated carbocycles. The van der Waals surface area contributed by atoms with Crippen LogP contribution in [0.1, 0.15) is 17.2 Å². The normalized spacial score (nSPS) is 12.7. The third kappa shape index (κ3) is 2.96. The molecule has 0 saturated heterocycles. The number of benzene rings is 1. The van der Waals surface area contributed by atoms with E-state index in [1.807, 2.05) is 19.2 Å². The van der Waals surface area contributed by atoms with Crippen LogP contribution in [0.2, 0.25) is 0 Å². The molecule has 1 unspecified atom stereocenters. The topological polar surface area (TPSA) is 12.0 Å². The fraction of sp³-hybridized carbons (Fsp3) is 0.167. The van der Waals surface area contributed by atoms with Gasteiger partial charge in [0.25, 0.3) is 0 Å². The lowest BCUT2D eigenvalue weighted by molar-refractivity contribution is 0.617. The zero-order valence-electron chi connectivity index (χ0n) is 9.01. The molecule has 1 nitrogen and oxygen atoms in total. The van der Waals surface area contributed by atoms with Gasteiger partial charge < -0.3 is 5.32 Å². The quantitative estimate of drug-likeness (QED) is 0.814. The second-order valence-electron chi connectivity index (χ2n) is 3.56. The Kier molecular flexibility index (Phi) is 4.36. The van der Waals surface area contributed by atoms with Gasteiger partial charge in [0.05, 0.1) is 13.6 Å². The summed E-state index contributed by atoms with van der Waals surface area (Å²) < 4.78 is 15.3. The van der Waals surface area contributed by atoms with Crippen LogP contribution in [0, 0.1) is 5.82 Å². The van der Waals surface area contributed by atoms with E-state index in [0.29, 0.717) is 0 Å². The molecule has 0 aliphatic rings. The van der Waals surface area contributed by atoms with Gasteiger partial charge in [-0.1, -0.05) is 12.1 Å². The van der Waals surface area contributed by atoms with Crippen LogP contribution >= 0.6 is 43.2 Å². The first-order chi connectivity index (χ1) is 8.11. The number of thiophene rings is 1. The predicted octanol–water partition coefficient (Wildman–Crippen LogP) is 4.72. The van der Waals surface area contributed by atoms with Crippen molar-refractivity contribution in [1.29, 1.82) is 0 Å². The van der Waals surface area contributed by atoms with Gasteiger partial charge in [-0.05, 0) is 68.2 Å². The SMILES string of the molecule is CNC(c1cccc(F)c1)c1cc(Br)sc1Br. The van der Waals surface area contributed by atoms with E-state index in [2.05, 4.69) is 37.2 Å². The molecule has 0 radical (unpaired) electrons. The first-order valence-corrected chi connectivity index (χ1v) is 7.39. The van der Waals surface area contributed by atoms with Crippen molar-refractivity contribution in [3.63, 3.8) is 0 Å². The summed E-state index contributed by atoms with van der Waals surface area (Å²) in [5.41, 5.74) is 2.02. The molecule has 0 spiro atoms. The Labute approximate surface area is 120 Å². The monoisotopic (exact) mass is 377 g/mol. The summed E-state index contributed by atoms with van der Waals surface area (Å²) in [5, 5.41) is 3.21. The lowest BCUT2D eigenvalue weighted by atomic mass is 10.0. The summed E-state index contributed by atoms with van der Waals surface area (Å²) in [7, 11) is 1.87. The number of rotatable bonds is 3. The highest BCUT2D eigenvalue weighted by Crippen LogP contribution is 2.37.